The van der Waals surface area contributed by atoms with Crippen LogP contribution in [0.2, 0.25) is 0 Å². The molecule has 0 saturated carbocycles. The first-order chi connectivity index (χ1) is 63.9. The summed E-state index contributed by atoms with van der Waals surface area (Å²) in [7, 11) is 1.71. The number of carbonyl (C=O) groups excluding carboxylic acids is 4. The number of amides is 4. The van der Waals surface area contributed by atoms with E-state index in [1.807, 2.05) is 191 Å². The first kappa shape index (κ1) is 89.2. The molecule has 0 spiro atoms. The summed E-state index contributed by atoms with van der Waals surface area (Å²) in [6.45, 7) is 36.2. The molecule has 0 bridgehead atoms. The standard InChI is InChI=1S/C25H26FN7O.C25H27N7O2.C25H27N7O.C23H27N5O2/c1-18(28-21-5-3-20(26)4-6-21)24-22-16-19(2-7-23(22)29-30-24)25(34)33-14-12-31(13-15-33)10-11-32-9-8-27-17-32;1-18(27-20-3-5-21(33)6-4-20)24-22-16-19(2-7-23(22)28-29-24)25(34)32-14-12-30(13-15-32)10-11-31-9-8-26-17-31;1-19(27-21-5-3-2-4-6-21)24-22-17-20(7-8-23(22)28-29-24)25(33)32-15-13-30(14-16-32)11-12-31-10-9-26-18-31;1-17(24-19-6-4-3-5-7-19)22-20-16-18(8-9-21(20)25-26-22)23(29)28-12-10-27(11-13-28)14-15-30-2/h2-9,16-17,28H,1,10-15H2,(H,29,30);2-9,16-17,27,33H,1,10-15H2,(H,28,29);2-10,17-18,27H,1,11-16H2,(H,28,29);3-9,16,24H,1,10-15H2,2H3,(H,25,26). The van der Waals surface area contributed by atoms with E-state index in [4.69, 9.17) is 4.74 Å². The molecule has 15 aromatic rings. The number of para-hydroxylation sites is 2. The number of ether oxygens (including phenoxy) is 1. The molecule has 4 amide bonds. The first-order valence-corrected chi connectivity index (χ1v) is 43.8. The molecule has 33 heteroatoms. The Labute approximate surface area is 757 Å². The van der Waals surface area contributed by atoms with E-state index in [2.05, 4.69) is 137 Å². The molecule has 11 heterocycles. The van der Waals surface area contributed by atoms with Crippen molar-refractivity contribution in [2.75, 3.05) is 166 Å². The Morgan fingerprint density at radius 2 is 0.618 bits per heavy atom. The average Bonchev–Trinajstić information content (AvgIpc) is 1.69. The summed E-state index contributed by atoms with van der Waals surface area (Å²) in [5, 5.41) is 55.5. The number of phenolic OH excluding ortho intramolecular Hbond substituents is 1. The predicted molar refractivity (Wildman–Crippen MR) is 510 cm³/mol. The van der Waals surface area contributed by atoms with Gasteiger partial charge in [-0.15, -0.1) is 0 Å². The third kappa shape index (κ3) is 22.9. The molecule has 0 radical (unpaired) electrons. The molecule has 0 atom stereocenters. The van der Waals surface area contributed by atoms with Crippen LogP contribution in [0.15, 0.2) is 264 Å². The number of imidazole rings is 3. The smallest absolute Gasteiger partial charge is 0.253 e. The lowest BCUT2D eigenvalue weighted by atomic mass is 10.1. The number of benzene rings is 8. The van der Waals surface area contributed by atoms with Crippen LogP contribution in [0.3, 0.4) is 0 Å². The third-order valence-corrected chi connectivity index (χ3v) is 23.8. The molecule has 19 rings (SSSR count). The zero-order chi connectivity index (χ0) is 90.5. The number of aromatic nitrogens is 14. The number of phenols is 1. The molecule has 672 valence electrons. The summed E-state index contributed by atoms with van der Waals surface area (Å²) in [4.78, 5) is 82.1. The van der Waals surface area contributed by atoms with Crippen LogP contribution in [0.1, 0.15) is 64.2 Å². The van der Waals surface area contributed by atoms with Gasteiger partial charge < -0.3 is 64.4 Å². The molecule has 131 heavy (non-hydrogen) atoms. The fraction of sp³-hybridized carbons (Fsp3) is 0.255. The summed E-state index contributed by atoms with van der Waals surface area (Å²) in [6, 6.07) is 55.0. The summed E-state index contributed by atoms with van der Waals surface area (Å²) in [6.07, 6.45) is 16.8. The Hall–Kier alpha value is -15.2. The van der Waals surface area contributed by atoms with Crippen molar-refractivity contribution in [1.82, 2.24) is 109 Å². The highest BCUT2D eigenvalue weighted by molar-refractivity contribution is 6.05. The van der Waals surface area contributed by atoms with Crippen molar-refractivity contribution < 1.29 is 33.4 Å². The van der Waals surface area contributed by atoms with Crippen molar-refractivity contribution in [1.29, 1.82) is 0 Å². The van der Waals surface area contributed by atoms with E-state index >= 15 is 0 Å². The minimum atomic E-state index is -0.302. The number of hydrogen-bond donors (Lipinski definition) is 9. The molecule has 4 fully saturated rings. The Balaban J connectivity index is 0.000000128. The quantitative estimate of drug-likeness (QED) is 0.0206. The van der Waals surface area contributed by atoms with Crippen molar-refractivity contribution in [3.8, 4) is 5.75 Å². The van der Waals surface area contributed by atoms with E-state index in [0.29, 0.717) is 99.7 Å². The van der Waals surface area contributed by atoms with Crippen LogP contribution in [0, 0.1) is 5.82 Å². The number of piperazine rings is 4. The van der Waals surface area contributed by atoms with Crippen LogP contribution >= 0.6 is 0 Å². The van der Waals surface area contributed by atoms with Crippen LogP contribution in [0.25, 0.3) is 66.4 Å². The van der Waals surface area contributed by atoms with Gasteiger partial charge in [0.15, 0.2) is 0 Å². The number of nitrogens with one attached hydrogen (secondary N) is 8. The minimum absolute atomic E-state index is 0.0143. The Bertz CT molecular complexity index is 6180. The van der Waals surface area contributed by atoms with Gasteiger partial charge in [0.25, 0.3) is 23.6 Å². The zero-order valence-electron chi connectivity index (χ0n) is 73.2. The van der Waals surface area contributed by atoms with Gasteiger partial charge in [-0.2, -0.15) is 20.4 Å². The number of anilines is 4. The van der Waals surface area contributed by atoms with Gasteiger partial charge in [-0.25, -0.2) is 19.3 Å². The first-order valence-electron chi connectivity index (χ1n) is 43.8. The maximum absolute atomic E-state index is 13.2. The number of aromatic amines is 4. The molecule has 4 aliphatic rings. The molecule has 8 aromatic carbocycles. The van der Waals surface area contributed by atoms with Crippen molar-refractivity contribution in [3.63, 3.8) is 0 Å². The molecule has 0 unspecified atom stereocenters. The molecule has 0 aliphatic carbocycles. The fourth-order valence-electron chi connectivity index (χ4n) is 16.2. The number of methoxy groups -OCH3 is 1. The van der Waals surface area contributed by atoms with E-state index in [-0.39, 0.29) is 35.2 Å². The summed E-state index contributed by atoms with van der Waals surface area (Å²) < 4.78 is 24.5. The van der Waals surface area contributed by atoms with Gasteiger partial charge in [0.2, 0.25) is 0 Å². The maximum Gasteiger partial charge on any atom is 0.253 e. The average molecular weight is 1760 g/mol. The lowest BCUT2D eigenvalue weighted by Gasteiger charge is -2.34. The normalized spacial score (nSPS) is 14.5. The molecule has 7 aromatic heterocycles. The number of H-pyrrole nitrogens is 4. The van der Waals surface area contributed by atoms with Gasteiger partial charge in [-0.05, 0) is 146 Å². The van der Waals surface area contributed by atoms with Gasteiger partial charge in [0.05, 0.1) is 70.4 Å². The Kier molecular flexibility index (Phi) is 29.0. The van der Waals surface area contributed by atoms with Crippen molar-refractivity contribution in [2.45, 2.75) is 19.6 Å². The van der Waals surface area contributed by atoms with Crippen molar-refractivity contribution in [2.24, 2.45) is 0 Å². The SMILES string of the molecule is C=C(Nc1ccc(F)cc1)c1n[nH]c2ccc(C(=O)N3CCN(CCn4ccnc4)CC3)cc12.C=C(Nc1ccc(O)cc1)c1n[nH]c2ccc(C(=O)N3CCN(CCn4ccnc4)CC3)cc12.C=C(Nc1ccccc1)c1n[nH]c2ccc(C(=O)N3CCN(CCOC)CC3)cc12.C=C(Nc1ccccc1)c1n[nH]c2ccc(C(=O)N3CCN(CCn4ccnc4)CC3)cc12. The number of halogens is 1. The minimum Gasteiger partial charge on any atom is -0.508 e. The van der Waals surface area contributed by atoms with Gasteiger partial charge >= 0.3 is 0 Å². The highest BCUT2D eigenvalue weighted by Gasteiger charge is 2.29. The van der Waals surface area contributed by atoms with Gasteiger partial charge in [-0.3, -0.25) is 59.2 Å². The van der Waals surface area contributed by atoms with Crippen molar-refractivity contribution >= 4 is 113 Å². The summed E-state index contributed by atoms with van der Waals surface area (Å²) in [5.41, 5.74) is 14.6. The number of fused-ring (bicyclic) bond motifs is 4. The number of aromatic hydroxyl groups is 1. The second-order valence-electron chi connectivity index (χ2n) is 32.5. The molecular formula is C98H107FN26O6. The van der Waals surface area contributed by atoms with Gasteiger partial charge in [-0.1, -0.05) is 62.7 Å². The second-order valence-corrected chi connectivity index (χ2v) is 32.5. The number of carbonyl (C=O) groups is 4. The molecule has 32 nitrogen and oxygen atoms in total. The highest BCUT2D eigenvalue weighted by atomic mass is 19.1. The number of rotatable bonds is 28. The Morgan fingerprint density at radius 1 is 0.351 bits per heavy atom. The lowest BCUT2D eigenvalue weighted by molar-refractivity contribution is 0.0592. The van der Waals surface area contributed by atoms with E-state index < -0.39 is 0 Å². The topological polar surface area (TPSA) is 340 Å². The van der Waals surface area contributed by atoms with Gasteiger partial charge in [0.1, 0.15) is 34.3 Å². The monoisotopic (exact) mass is 1760 g/mol. The lowest BCUT2D eigenvalue weighted by Crippen LogP contribution is -2.49. The van der Waals surface area contributed by atoms with E-state index in [0.717, 1.165) is 192 Å². The highest BCUT2D eigenvalue weighted by Crippen LogP contribution is 2.32. The van der Waals surface area contributed by atoms with Crippen LogP contribution in [0.5, 0.6) is 5.75 Å². The predicted octanol–water partition coefficient (Wildman–Crippen LogP) is 12.8. The Morgan fingerprint density at radius 3 is 0.885 bits per heavy atom. The second kappa shape index (κ2) is 42.6. The van der Waals surface area contributed by atoms with Crippen LogP contribution in [0.4, 0.5) is 27.1 Å². The van der Waals surface area contributed by atoms with Crippen LogP contribution in [-0.4, -0.2) is 282 Å². The van der Waals surface area contributed by atoms with E-state index in [1.165, 1.54) is 12.1 Å². The van der Waals surface area contributed by atoms with E-state index in [9.17, 15) is 28.7 Å². The molecule has 4 saturated heterocycles. The third-order valence-electron chi connectivity index (χ3n) is 23.8. The summed E-state index contributed by atoms with van der Waals surface area (Å²) in [5.74, 6) is 0.0463. The zero-order valence-corrected chi connectivity index (χ0v) is 73.2. The van der Waals surface area contributed by atoms with Crippen molar-refractivity contribution in [3.05, 3.63) is 315 Å². The van der Waals surface area contributed by atoms with Gasteiger partial charge in [0, 0.05) is 261 Å². The largest absolute Gasteiger partial charge is 0.508 e. The van der Waals surface area contributed by atoms with Crippen LogP contribution < -0.4 is 21.3 Å². The molecule has 9 N–H and O–H groups in total. The molecule has 4 aliphatic heterocycles. The summed E-state index contributed by atoms with van der Waals surface area (Å²) >= 11 is 0. The number of nitrogens with zero attached hydrogens (tertiary/aromatic N) is 18. The maximum atomic E-state index is 13.2. The van der Waals surface area contributed by atoms with Crippen LogP contribution in [-0.2, 0) is 24.4 Å². The van der Waals surface area contributed by atoms with E-state index in [1.54, 1.807) is 62.1 Å². The number of hydrogen-bond acceptors (Lipinski definition) is 21. The fourth-order valence-corrected chi connectivity index (χ4v) is 16.2. The molecular weight excluding hydrogens is 1660 g/mol.